The van der Waals surface area contributed by atoms with E-state index < -0.39 is 29.7 Å². The van der Waals surface area contributed by atoms with Crippen molar-refractivity contribution < 1.29 is 33.6 Å². The Kier molecular flexibility index (Phi) is 26.3. The Morgan fingerprint density at radius 3 is 1.27 bits per heavy atom. The summed E-state index contributed by atoms with van der Waals surface area (Å²) in [5, 5.41) is 10.0. The molecule has 0 amide bonds. The second-order valence-electron chi connectivity index (χ2n) is 14.2. The molecule has 0 aromatic heterocycles. The van der Waals surface area contributed by atoms with Gasteiger partial charge in [0.1, 0.15) is 5.60 Å². The van der Waals surface area contributed by atoms with Gasteiger partial charge in [-0.3, -0.25) is 0 Å². The first-order valence-electron chi connectivity index (χ1n) is 18.3. The normalized spacial score (nSPS) is 13.6. The Morgan fingerprint density at radius 1 is 0.545 bits per heavy atom. The first-order chi connectivity index (χ1) is 20.9. The molecule has 2 atom stereocenters. The quantitative estimate of drug-likeness (QED) is 0.0603. The number of esters is 1. The van der Waals surface area contributed by atoms with Crippen molar-refractivity contribution in [3.8, 4) is 0 Å². The van der Waals surface area contributed by atoms with Gasteiger partial charge in [0, 0.05) is 19.6 Å². The fourth-order valence-electron chi connectivity index (χ4n) is 5.15. The maximum Gasteiger partial charge on any atom is 0.339 e. The number of rotatable bonds is 31. The van der Waals surface area contributed by atoms with Crippen LogP contribution in [0.5, 0.6) is 0 Å². The summed E-state index contributed by atoms with van der Waals surface area (Å²) in [4.78, 5) is 25.6. The van der Waals surface area contributed by atoms with Crippen molar-refractivity contribution in [3.63, 3.8) is 0 Å². The zero-order valence-corrected chi connectivity index (χ0v) is 30.0. The number of hydrogen-bond donors (Lipinski definition) is 1. The van der Waals surface area contributed by atoms with E-state index in [9.17, 15) is 14.7 Å². The topological polar surface area (TPSA) is 91.3 Å². The third kappa shape index (κ3) is 26.1. The number of unbranched alkanes of at least 4 members (excludes halogenated alkanes) is 18. The van der Waals surface area contributed by atoms with Crippen molar-refractivity contribution >= 4 is 11.9 Å². The van der Waals surface area contributed by atoms with Crippen LogP contribution in [0.1, 0.15) is 183 Å². The summed E-state index contributed by atoms with van der Waals surface area (Å²) < 4.78 is 23.4. The van der Waals surface area contributed by atoms with Crippen molar-refractivity contribution in [2.75, 3.05) is 19.8 Å². The van der Waals surface area contributed by atoms with Gasteiger partial charge in [0.05, 0.1) is 12.2 Å². The Hall–Kier alpha value is -1.18. The molecule has 262 valence electrons. The Bertz CT molecular complexity index is 686. The highest BCUT2D eigenvalue weighted by Gasteiger charge is 2.39. The van der Waals surface area contributed by atoms with E-state index in [1.807, 2.05) is 34.6 Å². The van der Waals surface area contributed by atoms with Crippen LogP contribution in [0.4, 0.5) is 0 Å². The molecule has 0 saturated heterocycles. The van der Waals surface area contributed by atoms with Crippen LogP contribution in [-0.4, -0.2) is 60.3 Å². The average Bonchev–Trinajstić information content (AvgIpc) is 2.93. The standard InChI is InChI=1S/C37H72O7/c1-8-10-12-14-16-18-20-22-24-26-29-41-32(34(38)39)33(35(40)44-37(6,7)28-31-43-36(3,4)5)42-30-27-25-23-21-19-17-15-13-11-9-2/h32-33H,8-31H2,1-7H3,(H,38,39). The highest BCUT2D eigenvalue weighted by Crippen LogP contribution is 2.21. The van der Waals surface area contributed by atoms with Gasteiger partial charge in [-0.15, -0.1) is 0 Å². The third-order valence-corrected chi connectivity index (χ3v) is 7.96. The molecule has 0 aliphatic carbocycles. The molecule has 0 radical (unpaired) electrons. The van der Waals surface area contributed by atoms with Crippen LogP contribution in [0.2, 0.25) is 0 Å². The van der Waals surface area contributed by atoms with Crippen LogP contribution < -0.4 is 0 Å². The van der Waals surface area contributed by atoms with Gasteiger partial charge >= 0.3 is 11.9 Å². The molecule has 0 bridgehead atoms. The van der Waals surface area contributed by atoms with Gasteiger partial charge in [-0.1, -0.05) is 129 Å². The first-order valence-corrected chi connectivity index (χ1v) is 18.3. The van der Waals surface area contributed by atoms with Crippen molar-refractivity contribution in [1.29, 1.82) is 0 Å². The van der Waals surface area contributed by atoms with Crippen LogP contribution in [0.3, 0.4) is 0 Å². The summed E-state index contributed by atoms with van der Waals surface area (Å²) in [7, 11) is 0. The van der Waals surface area contributed by atoms with Gasteiger partial charge in [-0.25, -0.2) is 9.59 Å². The molecule has 44 heavy (non-hydrogen) atoms. The van der Waals surface area contributed by atoms with Gasteiger partial charge in [0.15, 0.2) is 12.2 Å². The van der Waals surface area contributed by atoms with E-state index in [1.54, 1.807) is 0 Å². The molecule has 0 aliphatic heterocycles. The second-order valence-corrected chi connectivity index (χ2v) is 14.2. The summed E-state index contributed by atoms with van der Waals surface area (Å²) in [5.41, 5.74) is -1.13. The molecule has 0 saturated carbocycles. The fraction of sp³-hybridized carbons (Fsp3) is 0.946. The molecule has 0 aliphatic rings. The van der Waals surface area contributed by atoms with Crippen LogP contribution in [-0.2, 0) is 28.5 Å². The SMILES string of the molecule is CCCCCCCCCCCCOC(C(=O)O)C(OCCCCCCCCCCCC)C(=O)OC(C)(C)CCOC(C)(C)C. The summed E-state index contributed by atoms with van der Waals surface area (Å²) in [5.74, 6) is -1.88. The van der Waals surface area contributed by atoms with Crippen LogP contribution >= 0.6 is 0 Å². The first kappa shape index (κ1) is 42.8. The highest BCUT2D eigenvalue weighted by molar-refractivity contribution is 5.85. The molecule has 0 rings (SSSR count). The number of hydrogen-bond acceptors (Lipinski definition) is 6. The zero-order chi connectivity index (χ0) is 33.1. The third-order valence-electron chi connectivity index (χ3n) is 7.96. The highest BCUT2D eigenvalue weighted by atomic mass is 16.6. The maximum atomic E-state index is 13.3. The lowest BCUT2D eigenvalue weighted by molar-refractivity contribution is -0.190. The Morgan fingerprint density at radius 2 is 0.909 bits per heavy atom. The zero-order valence-electron chi connectivity index (χ0n) is 30.0. The number of carbonyl (C=O) groups excluding carboxylic acids is 1. The monoisotopic (exact) mass is 629 g/mol. The van der Waals surface area contributed by atoms with Gasteiger partial charge < -0.3 is 24.1 Å². The maximum absolute atomic E-state index is 13.3. The van der Waals surface area contributed by atoms with Crippen LogP contribution in [0.25, 0.3) is 0 Å². The number of ether oxygens (including phenoxy) is 4. The number of carbonyl (C=O) groups is 2. The van der Waals surface area contributed by atoms with Crippen molar-refractivity contribution in [3.05, 3.63) is 0 Å². The summed E-state index contributed by atoms with van der Waals surface area (Å²) in [6.45, 7) is 15.0. The molecule has 0 spiro atoms. The predicted octanol–water partition coefficient (Wildman–Crippen LogP) is 10.2. The van der Waals surface area contributed by atoms with Gasteiger partial charge in [0.25, 0.3) is 0 Å². The van der Waals surface area contributed by atoms with Crippen molar-refractivity contribution in [2.45, 2.75) is 207 Å². The second kappa shape index (κ2) is 27.0. The van der Waals surface area contributed by atoms with E-state index in [4.69, 9.17) is 18.9 Å². The van der Waals surface area contributed by atoms with E-state index in [1.165, 1.54) is 89.9 Å². The molecule has 0 aromatic carbocycles. The fourth-order valence-corrected chi connectivity index (χ4v) is 5.15. The molecule has 2 unspecified atom stereocenters. The number of carboxylic acids is 1. The summed E-state index contributed by atoms with van der Waals surface area (Å²) in [6, 6.07) is 0. The van der Waals surface area contributed by atoms with Gasteiger partial charge in [-0.05, 0) is 47.5 Å². The Balaban J connectivity index is 4.85. The predicted molar refractivity (Wildman–Crippen MR) is 181 cm³/mol. The minimum Gasteiger partial charge on any atom is -0.479 e. The van der Waals surface area contributed by atoms with Gasteiger partial charge in [0.2, 0.25) is 0 Å². The van der Waals surface area contributed by atoms with Crippen molar-refractivity contribution in [2.24, 2.45) is 0 Å². The van der Waals surface area contributed by atoms with Crippen LogP contribution in [0, 0.1) is 0 Å². The Labute approximate surface area is 271 Å². The van der Waals surface area contributed by atoms with Gasteiger partial charge in [-0.2, -0.15) is 0 Å². The molecule has 0 fully saturated rings. The molecule has 1 N–H and O–H groups in total. The molecular weight excluding hydrogens is 556 g/mol. The molecule has 7 heteroatoms. The minimum absolute atomic E-state index is 0.279. The van der Waals surface area contributed by atoms with E-state index in [-0.39, 0.29) is 12.2 Å². The average molecular weight is 629 g/mol. The van der Waals surface area contributed by atoms with Crippen LogP contribution in [0.15, 0.2) is 0 Å². The van der Waals surface area contributed by atoms with E-state index in [0.717, 1.165) is 38.5 Å². The van der Waals surface area contributed by atoms with E-state index in [2.05, 4.69) is 13.8 Å². The van der Waals surface area contributed by atoms with E-state index in [0.29, 0.717) is 19.6 Å². The largest absolute Gasteiger partial charge is 0.479 e. The molecule has 0 heterocycles. The lowest BCUT2D eigenvalue weighted by atomic mass is 10.0. The smallest absolute Gasteiger partial charge is 0.339 e. The lowest BCUT2D eigenvalue weighted by Gasteiger charge is -2.30. The molecule has 7 nitrogen and oxygen atoms in total. The number of carboxylic acid groups (broad SMARTS) is 1. The lowest BCUT2D eigenvalue weighted by Crippen LogP contribution is -2.47. The number of aliphatic carboxylic acids is 1. The van der Waals surface area contributed by atoms with E-state index >= 15 is 0 Å². The molecule has 0 aromatic rings. The summed E-state index contributed by atoms with van der Waals surface area (Å²) >= 11 is 0. The van der Waals surface area contributed by atoms with Crippen molar-refractivity contribution in [1.82, 2.24) is 0 Å². The minimum atomic E-state index is -1.40. The summed E-state index contributed by atoms with van der Waals surface area (Å²) in [6.07, 6.45) is 21.4. The molecular formula is C37H72O7.